The molecule has 1 aromatic carbocycles. The van der Waals surface area contributed by atoms with E-state index >= 15 is 0 Å². The Morgan fingerprint density at radius 2 is 1.70 bits per heavy atom. The molecular formula is C33H46F2N4O4. The number of rotatable bonds is 9. The Morgan fingerprint density at radius 3 is 2.30 bits per heavy atom. The van der Waals surface area contributed by atoms with Crippen LogP contribution in [-0.4, -0.2) is 87.9 Å². The monoisotopic (exact) mass is 600 g/mol. The number of hydrogen-bond donors (Lipinski definition) is 1. The van der Waals surface area contributed by atoms with Gasteiger partial charge in [-0.2, -0.15) is 0 Å². The molecule has 0 aromatic heterocycles. The van der Waals surface area contributed by atoms with E-state index in [1.807, 2.05) is 49.1 Å². The molecule has 4 amide bonds. The van der Waals surface area contributed by atoms with Gasteiger partial charge in [0.1, 0.15) is 5.54 Å². The highest BCUT2D eigenvalue weighted by atomic mass is 19.3. The minimum absolute atomic E-state index is 0.0641. The molecular weight excluding hydrogens is 554 g/mol. The van der Waals surface area contributed by atoms with Crippen LogP contribution in [0.5, 0.6) is 0 Å². The molecule has 6 rings (SSSR count). The molecule has 4 aliphatic heterocycles. The van der Waals surface area contributed by atoms with Crippen molar-refractivity contribution in [3.8, 4) is 0 Å². The van der Waals surface area contributed by atoms with E-state index in [2.05, 4.69) is 10.2 Å². The summed E-state index contributed by atoms with van der Waals surface area (Å²) in [6, 6.07) is 9.71. The van der Waals surface area contributed by atoms with Crippen molar-refractivity contribution in [2.24, 2.45) is 5.92 Å². The Balaban J connectivity index is 1.14. The highest BCUT2D eigenvalue weighted by Crippen LogP contribution is 2.48. The first kappa shape index (κ1) is 30.4. The summed E-state index contributed by atoms with van der Waals surface area (Å²) in [5.41, 5.74) is 0.188. The Kier molecular flexibility index (Phi) is 8.54. The molecule has 0 radical (unpaired) electrons. The summed E-state index contributed by atoms with van der Waals surface area (Å²) in [7, 11) is 0. The van der Waals surface area contributed by atoms with Crippen molar-refractivity contribution in [2.45, 2.75) is 126 Å². The van der Waals surface area contributed by atoms with Crippen molar-refractivity contribution in [2.75, 3.05) is 19.7 Å². The van der Waals surface area contributed by atoms with Gasteiger partial charge in [-0.25, -0.2) is 13.6 Å². The third kappa shape index (κ3) is 5.93. The van der Waals surface area contributed by atoms with E-state index in [0.29, 0.717) is 32.4 Å². The zero-order valence-corrected chi connectivity index (χ0v) is 25.5. The number of amides is 4. The minimum Gasteiger partial charge on any atom is -0.376 e. The summed E-state index contributed by atoms with van der Waals surface area (Å²) in [6.45, 7) is 5.75. The minimum atomic E-state index is -2.67. The van der Waals surface area contributed by atoms with Crippen LogP contribution in [-0.2, 0) is 14.3 Å². The fraction of sp³-hybridized carbons (Fsp3) is 0.727. The molecule has 5 aliphatic rings. The second-order valence-corrected chi connectivity index (χ2v) is 13.8. The van der Waals surface area contributed by atoms with Gasteiger partial charge in [0.05, 0.1) is 18.7 Å². The van der Waals surface area contributed by atoms with Gasteiger partial charge in [0.25, 0.3) is 5.91 Å². The molecule has 4 heterocycles. The smallest absolute Gasteiger partial charge is 0.327 e. The van der Waals surface area contributed by atoms with E-state index in [1.165, 1.54) is 4.90 Å². The molecule has 1 aromatic rings. The molecule has 1 aliphatic carbocycles. The maximum Gasteiger partial charge on any atom is 0.327 e. The number of nitrogens with zero attached hydrogens (tertiary/aromatic N) is 3. The topological polar surface area (TPSA) is 82.2 Å². The average molecular weight is 601 g/mol. The predicted molar refractivity (Wildman–Crippen MR) is 157 cm³/mol. The number of imide groups is 1. The molecule has 1 saturated carbocycles. The Hall–Kier alpha value is -2.59. The second-order valence-electron chi connectivity index (χ2n) is 13.8. The number of urea groups is 1. The van der Waals surface area contributed by atoms with Crippen LogP contribution in [0.25, 0.3) is 0 Å². The first-order valence-corrected chi connectivity index (χ1v) is 16.3. The van der Waals surface area contributed by atoms with Crippen LogP contribution < -0.4 is 5.32 Å². The van der Waals surface area contributed by atoms with Crippen LogP contribution >= 0.6 is 0 Å². The normalized spacial score (nSPS) is 31.9. The lowest BCUT2D eigenvalue weighted by Gasteiger charge is -2.48. The van der Waals surface area contributed by atoms with Crippen molar-refractivity contribution in [3.63, 3.8) is 0 Å². The van der Waals surface area contributed by atoms with E-state index in [4.69, 9.17) is 4.74 Å². The van der Waals surface area contributed by atoms with Crippen molar-refractivity contribution < 1.29 is 27.9 Å². The third-order valence-electron chi connectivity index (χ3n) is 10.7. The number of carbonyl (C=O) groups excluding carboxylic acids is 3. The van der Waals surface area contributed by atoms with Gasteiger partial charge in [-0.05, 0) is 77.2 Å². The fourth-order valence-corrected chi connectivity index (χ4v) is 8.55. The summed E-state index contributed by atoms with van der Waals surface area (Å²) >= 11 is 0. The summed E-state index contributed by atoms with van der Waals surface area (Å²) in [4.78, 5) is 46.8. The molecule has 4 atom stereocenters. The highest BCUT2D eigenvalue weighted by Gasteiger charge is 2.63. The van der Waals surface area contributed by atoms with Crippen molar-refractivity contribution in [1.82, 2.24) is 20.0 Å². The molecule has 1 N–H and O–H groups in total. The average Bonchev–Trinajstić information content (AvgIpc) is 3.63. The Labute approximate surface area is 253 Å². The van der Waals surface area contributed by atoms with E-state index in [1.54, 1.807) is 0 Å². The van der Waals surface area contributed by atoms with E-state index in [0.717, 1.165) is 37.8 Å². The number of nitrogens with one attached hydrogen (secondary N) is 1. The number of halogens is 2. The number of benzene rings is 1. The summed E-state index contributed by atoms with van der Waals surface area (Å²) in [5.74, 6) is -3.26. The number of alkyl halides is 2. The molecule has 236 valence electrons. The third-order valence-corrected chi connectivity index (χ3v) is 10.7. The summed E-state index contributed by atoms with van der Waals surface area (Å²) in [5, 5.41) is 3.21. The van der Waals surface area contributed by atoms with Crippen LogP contribution in [0.3, 0.4) is 0 Å². The van der Waals surface area contributed by atoms with Gasteiger partial charge in [0, 0.05) is 50.0 Å². The van der Waals surface area contributed by atoms with Crippen LogP contribution in [0.4, 0.5) is 13.6 Å². The van der Waals surface area contributed by atoms with E-state index in [9.17, 15) is 23.2 Å². The largest absolute Gasteiger partial charge is 0.376 e. The molecule has 43 heavy (non-hydrogen) atoms. The first-order chi connectivity index (χ1) is 20.6. The summed E-state index contributed by atoms with van der Waals surface area (Å²) in [6.07, 6.45) is 5.57. The Bertz CT molecular complexity index is 1170. The van der Waals surface area contributed by atoms with Gasteiger partial charge in [-0.3, -0.25) is 19.4 Å². The lowest BCUT2D eigenvalue weighted by molar-refractivity contribution is -0.139. The van der Waals surface area contributed by atoms with Gasteiger partial charge in [0.15, 0.2) is 0 Å². The quantitative estimate of drug-likeness (QED) is 0.391. The number of hydrogen-bond acceptors (Lipinski definition) is 5. The number of carbonyl (C=O) groups is 3. The molecule has 3 unspecified atom stereocenters. The Morgan fingerprint density at radius 1 is 1.02 bits per heavy atom. The van der Waals surface area contributed by atoms with Crippen LogP contribution in [0, 0.1) is 5.92 Å². The molecule has 10 heteroatoms. The molecule has 1 spiro atoms. The lowest BCUT2D eigenvalue weighted by atomic mass is 9.80. The van der Waals surface area contributed by atoms with Crippen LogP contribution in [0.2, 0.25) is 0 Å². The fourth-order valence-electron chi connectivity index (χ4n) is 8.55. The highest BCUT2D eigenvalue weighted by molar-refractivity contribution is 6.07. The first-order valence-electron chi connectivity index (χ1n) is 16.3. The maximum absolute atomic E-state index is 14.1. The zero-order valence-electron chi connectivity index (χ0n) is 25.5. The van der Waals surface area contributed by atoms with Gasteiger partial charge >= 0.3 is 6.03 Å². The standard InChI is InChI=1S/C33H46F2N4O4/c1-22(2)39-31(42)38(21-27-9-6-18-43-27)30(41)32(39)19-25-10-11-26(20-32)37(25)17-14-28(23-7-4-3-5-8-23)36-29(40)24-12-15-33(34,35)16-13-24/h3-5,7-8,22,24-28H,6,9-21H2,1-2H3,(H,36,40)/t25?,26?,27?,28-,32?/m0/s1. The van der Waals surface area contributed by atoms with Crippen molar-refractivity contribution in [1.29, 1.82) is 0 Å². The van der Waals surface area contributed by atoms with Gasteiger partial charge in [-0.15, -0.1) is 0 Å². The molecule has 4 saturated heterocycles. The SMILES string of the molecule is CC(C)N1C(=O)N(CC2CCCO2)C(=O)C12CC1CCC(C2)N1CC[C@H](NC(=O)C1CCC(F)(F)CC1)c1ccccc1. The van der Waals surface area contributed by atoms with Crippen molar-refractivity contribution in [3.05, 3.63) is 35.9 Å². The number of ether oxygens (including phenoxy) is 1. The molecule has 5 fully saturated rings. The van der Waals surface area contributed by atoms with Gasteiger partial charge in [-0.1, -0.05) is 30.3 Å². The maximum atomic E-state index is 14.1. The van der Waals surface area contributed by atoms with E-state index in [-0.39, 0.29) is 79.7 Å². The number of fused-ring (bicyclic) bond motifs is 2. The van der Waals surface area contributed by atoms with Crippen molar-refractivity contribution >= 4 is 17.8 Å². The molecule has 2 bridgehead atoms. The molecule has 8 nitrogen and oxygen atoms in total. The number of piperidine rings is 1. The second kappa shape index (κ2) is 12.1. The summed E-state index contributed by atoms with van der Waals surface area (Å²) < 4.78 is 33.2. The zero-order chi connectivity index (χ0) is 30.4. The van der Waals surface area contributed by atoms with E-state index < -0.39 is 11.5 Å². The lowest BCUT2D eigenvalue weighted by Crippen LogP contribution is -2.61. The van der Waals surface area contributed by atoms with Crippen LogP contribution in [0.1, 0.15) is 96.1 Å². The van der Waals surface area contributed by atoms with Gasteiger partial charge < -0.3 is 15.0 Å². The van der Waals surface area contributed by atoms with Gasteiger partial charge in [0.2, 0.25) is 11.8 Å². The van der Waals surface area contributed by atoms with Crippen LogP contribution in [0.15, 0.2) is 30.3 Å². The predicted octanol–water partition coefficient (Wildman–Crippen LogP) is 5.28.